The lowest BCUT2D eigenvalue weighted by molar-refractivity contribution is -0.114. The highest BCUT2D eigenvalue weighted by molar-refractivity contribution is 7.92. The lowest BCUT2D eigenvalue weighted by atomic mass is 10.0. The molecule has 0 aliphatic carbocycles. The molecular weight excluding hydrogens is 364 g/mol. The Balaban J connectivity index is 2.30. The molecule has 0 aliphatic heterocycles. The first-order valence-electron chi connectivity index (χ1n) is 8.82. The van der Waals surface area contributed by atoms with E-state index in [9.17, 15) is 13.2 Å². The Kier molecular flexibility index (Phi) is 6.85. The second-order valence-corrected chi connectivity index (χ2v) is 8.37. The van der Waals surface area contributed by atoms with Gasteiger partial charge >= 0.3 is 0 Å². The molecule has 0 fully saturated rings. The van der Waals surface area contributed by atoms with Crippen molar-refractivity contribution in [3.8, 4) is 5.75 Å². The first-order valence-corrected chi connectivity index (χ1v) is 10.7. The predicted octanol–water partition coefficient (Wildman–Crippen LogP) is 3.61. The van der Waals surface area contributed by atoms with Crippen LogP contribution in [0.25, 0.3) is 0 Å². The van der Waals surface area contributed by atoms with Crippen LogP contribution in [0.4, 0.5) is 11.4 Å². The zero-order chi connectivity index (χ0) is 20.0. The zero-order valence-corrected chi connectivity index (χ0v) is 16.9. The average molecular weight is 391 g/mol. The van der Waals surface area contributed by atoms with Gasteiger partial charge in [0.05, 0.1) is 18.6 Å². The Labute approximate surface area is 161 Å². The maximum absolute atomic E-state index is 12.6. The Morgan fingerprint density at radius 1 is 1.11 bits per heavy atom. The van der Waals surface area contributed by atoms with E-state index in [1.54, 1.807) is 24.3 Å². The van der Waals surface area contributed by atoms with Crippen LogP contribution < -0.4 is 14.4 Å². The third kappa shape index (κ3) is 5.47. The number of para-hydroxylation sites is 3. The molecule has 2 aromatic carbocycles. The molecule has 0 aliphatic rings. The van der Waals surface area contributed by atoms with Gasteiger partial charge in [-0.1, -0.05) is 44.2 Å². The summed E-state index contributed by atoms with van der Waals surface area (Å²) < 4.78 is 31.3. The molecule has 0 bridgehead atoms. The van der Waals surface area contributed by atoms with E-state index in [1.807, 2.05) is 45.0 Å². The summed E-state index contributed by atoms with van der Waals surface area (Å²) in [5.74, 6) is 0.229. The standard InChI is InChI=1S/C20H26N2O4S/c1-5-26-19-13-9-8-12-18(19)22(27(4,24)25)14-20(23)21-17-11-7-6-10-16(17)15(2)3/h6-13,15H,5,14H2,1-4H3,(H,21,23). The number of benzene rings is 2. The number of ether oxygens (including phenoxy) is 1. The summed E-state index contributed by atoms with van der Waals surface area (Å²) in [4.78, 5) is 12.6. The molecule has 0 unspecified atom stereocenters. The lowest BCUT2D eigenvalue weighted by Gasteiger charge is -2.24. The monoisotopic (exact) mass is 390 g/mol. The third-order valence-electron chi connectivity index (χ3n) is 3.98. The van der Waals surface area contributed by atoms with Gasteiger partial charge in [0, 0.05) is 5.69 Å². The van der Waals surface area contributed by atoms with Gasteiger partial charge in [-0.25, -0.2) is 8.42 Å². The minimum Gasteiger partial charge on any atom is -0.492 e. The number of anilines is 2. The van der Waals surface area contributed by atoms with E-state index in [2.05, 4.69) is 5.32 Å². The number of rotatable bonds is 8. The minimum absolute atomic E-state index is 0.228. The second-order valence-electron chi connectivity index (χ2n) is 6.46. The van der Waals surface area contributed by atoms with Crippen molar-refractivity contribution in [2.75, 3.05) is 29.0 Å². The summed E-state index contributed by atoms with van der Waals surface area (Å²) >= 11 is 0. The van der Waals surface area contributed by atoms with E-state index in [0.29, 0.717) is 23.7 Å². The molecule has 2 rings (SSSR count). The molecule has 27 heavy (non-hydrogen) atoms. The smallest absolute Gasteiger partial charge is 0.245 e. The van der Waals surface area contributed by atoms with E-state index in [1.165, 1.54) is 0 Å². The molecule has 7 heteroatoms. The van der Waals surface area contributed by atoms with Crippen molar-refractivity contribution in [1.29, 1.82) is 0 Å². The van der Waals surface area contributed by atoms with Crippen LogP contribution in [0.3, 0.4) is 0 Å². The van der Waals surface area contributed by atoms with Gasteiger partial charge in [0.2, 0.25) is 15.9 Å². The highest BCUT2D eigenvalue weighted by atomic mass is 32.2. The fraction of sp³-hybridized carbons (Fsp3) is 0.350. The lowest BCUT2D eigenvalue weighted by Crippen LogP contribution is -2.37. The Bertz CT molecular complexity index is 894. The fourth-order valence-corrected chi connectivity index (χ4v) is 3.62. The zero-order valence-electron chi connectivity index (χ0n) is 16.1. The Hall–Kier alpha value is -2.54. The molecule has 0 atom stereocenters. The minimum atomic E-state index is -3.68. The number of amides is 1. The molecule has 2 aromatic rings. The van der Waals surface area contributed by atoms with Crippen LogP contribution in [0.15, 0.2) is 48.5 Å². The quantitative estimate of drug-likeness (QED) is 0.747. The summed E-state index contributed by atoms with van der Waals surface area (Å²) in [6, 6.07) is 14.3. The third-order valence-corrected chi connectivity index (χ3v) is 5.10. The van der Waals surface area contributed by atoms with Gasteiger partial charge in [-0.05, 0) is 36.6 Å². The normalized spacial score (nSPS) is 11.3. The van der Waals surface area contributed by atoms with Gasteiger partial charge < -0.3 is 10.1 Å². The molecule has 0 spiro atoms. The summed E-state index contributed by atoms with van der Waals surface area (Å²) in [5, 5.41) is 2.83. The largest absolute Gasteiger partial charge is 0.492 e. The topological polar surface area (TPSA) is 75.7 Å². The van der Waals surface area contributed by atoms with E-state index in [0.717, 1.165) is 16.1 Å². The summed E-state index contributed by atoms with van der Waals surface area (Å²) in [6.07, 6.45) is 1.07. The molecule has 0 aromatic heterocycles. The van der Waals surface area contributed by atoms with Crippen LogP contribution in [0, 0.1) is 0 Å². The average Bonchev–Trinajstić information content (AvgIpc) is 2.60. The van der Waals surface area contributed by atoms with Crippen LogP contribution >= 0.6 is 0 Å². The number of hydrogen-bond donors (Lipinski definition) is 1. The molecular formula is C20H26N2O4S. The van der Waals surface area contributed by atoms with E-state index in [4.69, 9.17) is 4.74 Å². The summed E-state index contributed by atoms with van der Waals surface area (Å²) in [7, 11) is -3.68. The van der Waals surface area contributed by atoms with Crippen LogP contribution in [-0.2, 0) is 14.8 Å². The first-order chi connectivity index (χ1) is 12.7. The van der Waals surface area contributed by atoms with Gasteiger partial charge in [-0.2, -0.15) is 0 Å². The number of nitrogens with one attached hydrogen (secondary N) is 1. The number of carbonyl (C=O) groups excluding carboxylic acids is 1. The number of hydrogen-bond acceptors (Lipinski definition) is 4. The number of carbonyl (C=O) groups is 1. The molecule has 1 amide bonds. The molecule has 0 saturated carbocycles. The first kappa shape index (κ1) is 20.8. The van der Waals surface area contributed by atoms with Crippen LogP contribution in [0.1, 0.15) is 32.3 Å². The molecule has 146 valence electrons. The highest BCUT2D eigenvalue weighted by Crippen LogP contribution is 2.30. The Morgan fingerprint density at radius 2 is 1.74 bits per heavy atom. The predicted molar refractivity (Wildman–Crippen MR) is 109 cm³/mol. The Morgan fingerprint density at radius 3 is 2.37 bits per heavy atom. The molecule has 0 saturated heterocycles. The van der Waals surface area contributed by atoms with Crippen LogP contribution in [-0.4, -0.2) is 33.7 Å². The van der Waals surface area contributed by atoms with Gasteiger partial charge in [0.1, 0.15) is 12.3 Å². The van der Waals surface area contributed by atoms with Crippen molar-refractivity contribution < 1.29 is 17.9 Å². The van der Waals surface area contributed by atoms with Crippen LogP contribution in [0.5, 0.6) is 5.75 Å². The number of sulfonamides is 1. The fourth-order valence-electron chi connectivity index (χ4n) is 2.76. The van der Waals surface area contributed by atoms with Crippen molar-refractivity contribution >= 4 is 27.3 Å². The van der Waals surface area contributed by atoms with Crippen molar-refractivity contribution in [1.82, 2.24) is 0 Å². The van der Waals surface area contributed by atoms with E-state index < -0.39 is 15.9 Å². The van der Waals surface area contributed by atoms with Crippen molar-refractivity contribution in [2.45, 2.75) is 26.7 Å². The maximum atomic E-state index is 12.6. The number of nitrogens with zero attached hydrogens (tertiary/aromatic N) is 1. The van der Waals surface area contributed by atoms with E-state index >= 15 is 0 Å². The molecule has 1 N–H and O–H groups in total. The van der Waals surface area contributed by atoms with Gasteiger partial charge in [-0.3, -0.25) is 9.10 Å². The van der Waals surface area contributed by atoms with E-state index in [-0.39, 0.29) is 12.5 Å². The van der Waals surface area contributed by atoms with Gasteiger partial charge in [-0.15, -0.1) is 0 Å². The SMILES string of the molecule is CCOc1ccccc1N(CC(=O)Nc1ccccc1C(C)C)S(C)(=O)=O. The summed E-state index contributed by atoms with van der Waals surface area (Å²) in [6.45, 7) is 5.94. The van der Waals surface area contributed by atoms with Crippen molar-refractivity contribution in [3.63, 3.8) is 0 Å². The summed E-state index contributed by atoms with van der Waals surface area (Å²) in [5.41, 5.74) is 2.02. The highest BCUT2D eigenvalue weighted by Gasteiger charge is 2.24. The van der Waals surface area contributed by atoms with Crippen molar-refractivity contribution in [3.05, 3.63) is 54.1 Å². The van der Waals surface area contributed by atoms with Crippen molar-refractivity contribution in [2.24, 2.45) is 0 Å². The molecule has 0 radical (unpaired) electrons. The van der Waals surface area contributed by atoms with Gasteiger partial charge in [0.25, 0.3) is 0 Å². The molecule has 6 nitrogen and oxygen atoms in total. The molecule has 0 heterocycles. The van der Waals surface area contributed by atoms with Crippen LogP contribution in [0.2, 0.25) is 0 Å². The maximum Gasteiger partial charge on any atom is 0.245 e. The van der Waals surface area contributed by atoms with Gasteiger partial charge in [0.15, 0.2) is 0 Å². The second kappa shape index (κ2) is 8.90.